The van der Waals surface area contributed by atoms with E-state index in [2.05, 4.69) is 56.9 Å². The van der Waals surface area contributed by atoms with Gasteiger partial charge in [-0.15, -0.1) is 0 Å². The second-order valence-electron chi connectivity index (χ2n) is 8.53. The Balaban J connectivity index is 1.77. The molecule has 3 nitrogen and oxygen atoms in total. The second-order valence-corrected chi connectivity index (χ2v) is 8.53. The minimum atomic E-state index is -0.585. The minimum absolute atomic E-state index is 0.166. The fraction of sp³-hybridized carbons (Fsp3) is 0.650. The molecular formula is C20H29NO2. The van der Waals surface area contributed by atoms with Crippen molar-refractivity contribution in [1.82, 2.24) is 4.90 Å². The van der Waals surface area contributed by atoms with Crippen LogP contribution in [0.1, 0.15) is 64.1 Å². The quantitative estimate of drug-likeness (QED) is 0.907. The number of carboxylic acid groups (broad SMARTS) is 1. The van der Waals surface area contributed by atoms with E-state index in [9.17, 15) is 9.90 Å². The molecule has 1 aromatic rings. The van der Waals surface area contributed by atoms with Gasteiger partial charge in [-0.2, -0.15) is 0 Å². The fourth-order valence-electron chi connectivity index (χ4n) is 4.45. The molecule has 1 unspecified atom stereocenters. The molecule has 23 heavy (non-hydrogen) atoms. The van der Waals surface area contributed by atoms with Gasteiger partial charge >= 0.3 is 5.97 Å². The first-order chi connectivity index (χ1) is 10.7. The van der Waals surface area contributed by atoms with E-state index in [1.54, 1.807) is 0 Å². The number of nitrogens with zero attached hydrogens (tertiary/aromatic N) is 1. The van der Waals surface area contributed by atoms with Crippen LogP contribution in [-0.2, 0) is 10.2 Å². The predicted molar refractivity (Wildman–Crippen MR) is 92.5 cm³/mol. The molecule has 3 atom stereocenters. The standard InChI is InChI=1S/C20H29NO2/c1-14(15-7-9-16(10-8-15)19(2,3)4)21-12-17-6-5-11-20(17,13-21)18(22)23/h7-10,14,17H,5-6,11-13H2,1-4H3,(H,22,23)/t14?,17-,20+/m0/s1. The summed E-state index contributed by atoms with van der Waals surface area (Å²) >= 11 is 0. The lowest BCUT2D eigenvalue weighted by Gasteiger charge is -2.28. The fourth-order valence-corrected chi connectivity index (χ4v) is 4.45. The van der Waals surface area contributed by atoms with Gasteiger partial charge in [-0.3, -0.25) is 9.69 Å². The summed E-state index contributed by atoms with van der Waals surface area (Å²) in [5.41, 5.74) is 2.31. The maximum Gasteiger partial charge on any atom is 0.311 e. The average Bonchev–Trinajstić information content (AvgIpc) is 3.03. The lowest BCUT2D eigenvalue weighted by molar-refractivity contribution is -0.149. The van der Waals surface area contributed by atoms with E-state index in [4.69, 9.17) is 0 Å². The smallest absolute Gasteiger partial charge is 0.311 e. The summed E-state index contributed by atoms with van der Waals surface area (Å²) in [6.07, 6.45) is 2.98. The molecule has 0 radical (unpaired) electrons. The van der Waals surface area contributed by atoms with Gasteiger partial charge in [0, 0.05) is 19.1 Å². The van der Waals surface area contributed by atoms with Crippen molar-refractivity contribution in [2.45, 2.75) is 58.4 Å². The molecule has 1 aromatic carbocycles. The Morgan fingerprint density at radius 2 is 1.96 bits per heavy atom. The predicted octanol–water partition coefficient (Wildman–Crippen LogP) is 4.23. The Morgan fingerprint density at radius 1 is 1.30 bits per heavy atom. The Morgan fingerprint density at radius 3 is 2.48 bits per heavy atom. The van der Waals surface area contributed by atoms with Gasteiger partial charge in [0.15, 0.2) is 0 Å². The van der Waals surface area contributed by atoms with E-state index in [1.807, 2.05) is 0 Å². The number of likely N-dealkylation sites (tertiary alicyclic amines) is 1. The summed E-state index contributed by atoms with van der Waals surface area (Å²) in [6.45, 7) is 10.5. The van der Waals surface area contributed by atoms with Crippen molar-refractivity contribution in [2.75, 3.05) is 13.1 Å². The summed E-state index contributed by atoms with van der Waals surface area (Å²) in [7, 11) is 0. The zero-order valence-corrected chi connectivity index (χ0v) is 14.8. The second kappa shape index (κ2) is 5.62. The first-order valence-electron chi connectivity index (χ1n) is 8.82. The monoisotopic (exact) mass is 315 g/mol. The summed E-state index contributed by atoms with van der Waals surface area (Å²) < 4.78 is 0. The van der Waals surface area contributed by atoms with Crippen LogP contribution in [0.25, 0.3) is 0 Å². The summed E-state index contributed by atoms with van der Waals surface area (Å²) in [5, 5.41) is 9.74. The SMILES string of the molecule is CC(c1ccc(C(C)(C)C)cc1)N1C[C@@H]2CCC[C@@]2(C(=O)O)C1. The molecule has 1 N–H and O–H groups in total. The Labute approximate surface area is 139 Å². The Kier molecular flexibility index (Phi) is 4.04. The third-order valence-electron chi connectivity index (χ3n) is 6.13. The highest BCUT2D eigenvalue weighted by atomic mass is 16.4. The van der Waals surface area contributed by atoms with Gasteiger partial charge < -0.3 is 5.11 Å². The van der Waals surface area contributed by atoms with Gasteiger partial charge in [0.05, 0.1) is 5.41 Å². The van der Waals surface area contributed by atoms with E-state index in [0.717, 1.165) is 25.8 Å². The van der Waals surface area contributed by atoms with Crippen LogP contribution in [0.3, 0.4) is 0 Å². The Hall–Kier alpha value is -1.35. The number of hydrogen-bond donors (Lipinski definition) is 1. The van der Waals surface area contributed by atoms with Gasteiger partial charge in [-0.1, -0.05) is 51.5 Å². The molecule has 0 amide bonds. The number of carboxylic acids is 1. The zero-order valence-electron chi connectivity index (χ0n) is 14.8. The highest BCUT2D eigenvalue weighted by Gasteiger charge is 2.55. The van der Waals surface area contributed by atoms with Crippen molar-refractivity contribution in [3.05, 3.63) is 35.4 Å². The number of benzene rings is 1. The molecule has 2 fully saturated rings. The van der Waals surface area contributed by atoms with Crippen LogP contribution in [0.4, 0.5) is 0 Å². The van der Waals surface area contributed by atoms with Crippen molar-refractivity contribution in [3.63, 3.8) is 0 Å². The van der Waals surface area contributed by atoms with Gasteiger partial charge in [-0.25, -0.2) is 0 Å². The van der Waals surface area contributed by atoms with E-state index >= 15 is 0 Å². The van der Waals surface area contributed by atoms with Crippen LogP contribution >= 0.6 is 0 Å². The van der Waals surface area contributed by atoms with Crippen molar-refractivity contribution in [2.24, 2.45) is 11.3 Å². The molecule has 2 aliphatic rings. The lowest BCUT2D eigenvalue weighted by atomic mass is 9.81. The molecule has 0 aromatic heterocycles. The minimum Gasteiger partial charge on any atom is -0.481 e. The molecule has 3 rings (SSSR count). The van der Waals surface area contributed by atoms with Gasteiger partial charge in [-0.05, 0) is 42.2 Å². The number of carbonyl (C=O) groups is 1. The number of aliphatic carboxylic acids is 1. The van der Waals surface area contributed by atoms with E-state index in [0.29, 0.717) is 12.5 Å². The van der Waals surface area contributed by atoms with E-state index in [-0.39, 0.29) is 11.5 Å². The molecule has 1 saturated carbocycles. The summed E-state index contributed by atoms with van der Waals surface area (Å²) in [6, 6.07) is 9.15. The van der Waals surface area contributed by atoms with Gasteiger partial charge in [0.1, 0.15) is 0 Å². The number of hydrogen-bond acceptors (Lipinski definition) is 2. The molecule has 126 valence electrons. The molecule has 0 bridgehead atoms. The van der Waals surface area contributed by atoms with Crippen LogP contribution < -0.4 is 0 Å². The first kappa shape index (κ1) is 16.5. The highest BCUT2D eigenvalue weighted by molar-refractivity contribution is 5.76. The number of fused-ring (bicyclic) bond motifs is 1. The summed E-state index contributed by atoms with van der Waals surface area (Å²) in [4.78, 5) is 14.2. The van der Waals surface area contributed by atoms with Crippen LogP contribution in [-0.4, -0.2) is 29.1 Å². The van der Waals surface area contributed by atoms with Crippen molar-refractivity contribution in [3.8, 4) is 0 Å². The molecule has 1 heterocycles. The van der Waals surface area contributed by atoms with Gasteiger partial charge in [0.2, 0.25) is 0 Å². The van der Waals surface area contributed by atoms with Crippen LogP contribution in [0.5, 0.6) is 0 Å². The van der Waals surface area contributed by atoms with Crippen LogP contribution in [0.15, 0.2) is 24.3 Å². The maximum absolute atomic E-state index is 11.8. The average molecular weight is 315 g/mol. The van der Waals surface area contributed by atoms with Crippen LogP contribution in [0, 0.1) is 11.3 Å². The normalized spacial score (nSPS) is 29.5. The molecule has 1 aliphatic heterocycles. The highest BCUT2D eigenvalue weighted by Crippen LogP contribution is 2.50. The molecule has 1 aliphatic carbocycles. The molecule has 3 heteroatoms. The summed E-state index contributed by atoms with van der Waals surface area (Å²) in [5.74, 6) is -0.255. The molecular weight excluding hydrogens is 286 g/mol. The zero-order chi connectivity index (χ0) is 16.8. The molecule has 1 saturated heterocycles. The van der Waals surface area contributed by atoms with Crippen molar-refractivity contribution >= 4 is 5.97 Å². The van der Waals surface area contributed by atoms with Gasteiger partial charge in [0.25, 0.3) is 0 Å². The lowest BCUT2D eigenvalue weighted by Crippen LogP contribution is -2.36. The van der Waals surface area contributed by atoms with E-state index in [1.165, 1.54) is 11.1 Å². The third kappa shape index (κ3) is 2.80. The first-order valence-corrected chi connectivity index (χ1v) is 8.82. The Bertz CT molecular complexity index is 587. The van der Waals surface area contributed by atoms with Crippen molar-refractivity contribution < 1.29 is 9.90 Å². The largest absolute Gasteiger partial charge is 0.481 e. The topological polar surface area (TPSA) is 40.5 Å². The van der Waals surface area contributed by atoms with Crippen molar-refractivity contribution in [1.29, 1.82) is 0 Å². The number of rotatable bonds is 3. The van der Waals surface area contributed by atoms with E-state index < -0.39 is 11.4 Å². The molecule has 0 spiro atoms. The maximum atomic E-state index is 11.8. The third-order valence-corrected chi connectivity index (χ3v) is 6.13. The van der Waals surface area contributed by atoms with Crippen LogP contribution in [0.2, 0.25) is 0 Å².